The van der Waals surface area contributed by atoms with Gasteiger partial charge < -0.3 is 0 Å². The van der Waals surface area contributed by atoms with Gasteiger partial charge >= 0.3 is 0 Å². The minimum Gasteiger partial charge on any atom is -0.206 e. The third-order valence-electron chi connectivity index (χ3n) is 3.78. The lowest BCUT2D eigenvalue weighted by atomic mass is 9.94. The SMILES string of the molecule is Fc1cccc2c3ccccc3c3cccc(Cl)c3c12. The molecule has 0 amide bonds. The zero-order chi connectivity index (χ0) is 13.7. The van der Waals surface area contributed by atoms with Gasteiger partial charge in [-0.15, -0.1) is 0 Å². The molecule has 0 aromatic heterocycles. The largest absolute Gasteiger partial charge is 0.206 e. The Bertz CT molecular complexity index is 893. The number of fused-ring (bicyclic) bond motifs is 6. The second-order valence-corrected chi connectivity index (χ2v) is 5.28. The summed E-state index contributed by atoms with van der Waals surface area (Å²) in [5, 5.41) is 6.03. The summed E-state index contributed by atoms with van der Waals surface area (Å²) < 4.78 is 14.4. The summed E-state index contributed by atoms with van der Waals surface area (Å²) in [4.78, 5) is 0. The number of benzene rings is 4. The Morgan fingerprint density at radius 2 is 1.15 bits per heavy atom. The third kappa shape index (κ3) is 1.47. The molecule has 0 unspecified atom stereocenters. The van der Waals surface area contributed by atoms with Gasteiger partial charge in [-0.1, -0.05) is 60.1 Å². The van der Waals surface area contributed by atoms with E-state index in [0.717, 1.165) is 26.9 Å². The van der Waals surface area contributed by atoms with E-state index in [1.165, 1.54) is 6.07 Å². The molecule has 0 aliphatic rings. The molecule has 0 spiro atoms. The molecule has 4 aromatic carbocycles. The minimum atomic E-state index is -0.230. The predicted octanol–water partition coefficient (Wildman–Crippen LogP) is 5.94. The van der Waals surface area contributed by atoms with Crippen molar-refractivity contribution in [3.05, 3.63) is 71.5 Å². The zero-order valence-electron chi connectivity index (χ0n) is 10.5. The molecule has 0 N–H and O–H groups in total. The molecule has 0 aliphatic carbocycles. The second kappa shape index (κ2) is 4.19. The molecule has 0 bridgehead atoms. The molecular formula is C18H10ClF. The van der Waals surface area contributed by atoms with E-state index < -0.39 is 0 Å². The van der Waals surface area contributed by atoms with Gasteiger partial charge in [0.1, 0.15) is 5.82 Å². The first-order chi connectivity index (χ1) is 9.77. The molecule has 96 valence electrons. The van der Waals surface area contributed by atoms with E-state index in [0.29, 0.717) is 10.4 Å². The topological polar surface area (TPSA) is 0 Å². The molecule has 0 radical (unpaired) electrons. The normalized spacial score (nSPS) is 11.5. The lowest BCUT2D eigenvalue weighted by Gasteiger charge is -2.11. The van der Waals surface area contributed by atoms with Crippen LogP contribution in [-0.4, -0.2) is 0 Å². The standard InChI is InChI=1S/C18H10ClF/c19-15-9-3-7-13-11-5-1-2-6-12(11)14-8-4-10-16(20)18(14)17(13)15/h1-10H. The number of rotatable bonds is 0. The van der Waals surface area contributed by atoms with Crippen LogP contribution < -0.4 is 0 Å². The summed E-state index contributed by atoms with van der Waals surface area (Å²) in [6, 6.07) is 18.9. The van der Waals surface area contributed by atoms with Crippen molar-refractivity contribution in [2.24, 2.45) is 0 Å². The van der Waals surface area contributed by atoms with Gasteiger partial charge in [-0.2, -0.15) is 0 Å². The highest BCUT2D eigenvalue weighted by atomic mass is 35.5. The maximum Gasteiger partial charge on any atom is 0.131 e. The van der Waals surface area contributed by atoms with Crippen LogP contribution in [0.4, 0.5) is 4.39 Å². The average molecular weight is 281 g/mol. The van der Waals surface area contributed by atoms with Crippen molar-refractivity contribution in [3.8, 4) is 0 Å². The van der Waals surface area contributed by atoms with Crippen LogP contribution in [-0.2, 0) is 0 Å². The number of halogens is 2. The number of hydrogen-bond acceptors (Lipinski definition) is 0. The van der Waals surface area contributed by atoms with Gasteiger partial charge in [-0.3, -0.25) is 0 Å². The van der Waals surface area contributed by atoms with Gasteiger partial charge in [0.15, 0.2) is 0 Å². The Morgan fingerprint density at radius 1 is 0.600 bits per heavy atom. The third-order valence-corrected chi connectivity index (χ3v) is 4.10. The van der Waals surface area contributed by atoms with Crippen molar-refractivity contribution >= 4 is 43.9 Å². The molecule has 0 saturated heterocycles. The van der Waals surface area contributed by atoms with Gasteiger partial charge in [-0.25, -0.2) is 4.39 Å². The Morgan fingerprint density at radius 3 is 1.85 bits per heavy atom. The van der Waals surface area contributed by atoms with Crippen molar-refractivity contribution < 1.29 is 4.39 Å². The molecule has 20 heavy (non-hydrogen) atoms. The fraction of sp³-hybridized carbons (Fsp3) is 0. The van der Waals surface area contributed by atoms with Gasteiger partial charge in [0.2, 0.25) is 0 Å². The van der Waals surface area contributed by atoms with Crippen molar-refractivity contribution in [1.29, 1.82) is 0 Å². The van der Waals surface area contributed by atoms with Crippen LogP contribution in [0.25, 0.3) is 32.3 Å². The number of hydrogen-bond donors (Lipinski definition) is 0. The van der Waals surface area contributed by atoms with E-state index in [-0.39, 0.29) is 5.82 Å². The first-order valence-corrected chi connectivity index (χ1v) is 6.82. The lowest BCUT2D eigenvalue weighted by molar-refractivity contribution is 0.641. The summed E-state index contributed by atoms with van der Waals surface area (Å²) in [7, 11) is 0. The van der Waals surface area contributed by atoms with Crippen molar-refractivity contribution in [1.82, 2.24) is 0 Å². The summed E-state index contributed by atoms with van der Waals surface area (Å²) >= 11 is 6.34. The van der Waals surface area contributed by atoms with Crippen LogP contribution in [0.2, 0.25) is 5.02 Å². The van der Waals surface area contributed by atoms with Crippen molar-refractivity contribution in [2.75, 3.05) is 0 Å². The molecule has 4 aromatic rings. The lowest BCUT2D eigenvalue weighted by Crippen LogP contribution is -1.86. The highest BCUT2D eigenvalue weighted by Gasteiger charge is 2.13. The zero-order valence-corrected chi connectivity index (χ0v) is 11.3. The fourth-order valence-electron chi connectivity index (χ4n) is 2.96. The van der Waals surface area contributed by atoms with Crippen LogP contribution >= 0.6 is 11.6 Å². The van der Waals surface area contributed by atoms with E-state index in [1.54, 1.807) is 6.07 Å². The Balaban J connectivity index is 2.49. The summed E-state index contributed by atoms with van der Waals surface area (Å²) in [5.41, 5.74) is 0. The minimum absolute atomic E-state index is 0.230. The molecule has 0 heterocycles. The summed E-state index contributed by atoms with van der Waals surface area (Å²) in [6.45, 7) is 0. The molecule has 0 saturated carbocycles. The summed E-state index contributed by atoms with van der Waals surface area (Å²) in [6.07, 6.45) is 0. The predicted molar refractivity (Wildman–Crippen MR) is 83.9 cm³/mol. The van der Waals surface area contributed by atoms with Crippen LogP contribution in [0, 0.1) is 5.82 Å². The maximum atomic E-state index is 14.4. The van der Waals surface area contributed by atoms with Gasteiger partial charge in [0.05, 0.1) is 0 Å². The van der Waals surface area contributed by atoms with Gasteiger partial charge in [0.25, 0.3) is 0 Å². The van der Waals surface area contributed by atoms with Crippen LogP contribution in [0.15, 0.2) is 60.7 Å². The first kappa shape index (κ1) is 11.7. The van der Waals surface area contributed by atoms with Gasteiger partial charge in [-0.05, 0) is 33.7 Å². The quantitative estimate of drug-likeness (QED) is 0.350. The summed E-state index contributed by atoms with van der Waals surface area (Å²) in [5.74, 6) is -0.230. The monoisotopic (exact) mass is 280 g/mol. The second-order valence-electron chi connectivity index (χ2n) is 4.87. The highest BCUT2D eigenvalue weighted by molar-refractivity contribution is 6.40. The van der Waals surface area contributed by atoms with Crippen molar-refractivity contribution in [2.45, 2.75) is 0 Å². The molecule has 4 rings (SSSR count). The van der Waals surface area contributed by atoms with Crippen LogP contribution in [0.1, 0.15) is 0 Å². The van der Waals surface area contributed by atoms with Crippen LogP contribution in [0.3, 0.4) is 0 Å². The molecule has 0 nitrogen and oxygen atoms in total. The Kier molecular flexibility index (Phi) is 2.45. The molecular weight excluding hydrogens is 271 g/mol. The van der Waals surface area contributed by atoms with Crippen molar-refractivity contribution in [3.63, 3.8) is 0 Å². The van der Waals surface area contributed by atoms with E-state index in [4.69, 9.17) is 11.6 Å². The average Bonchev–Trinajstić information content (AvgIpc) is 2.48. The van der Waals surface area contributed by atoms with Crippen LogP contribution in [0.5, 0.6) is 0 Å². The smallest absolute Gasteiger partial charge is 0.131 e. The van der Waals surface area contributed by atoms with E-state index in [2.05, 4.69) is 6.07 Å². The van der Waals surface area contributed by atoms with E-state index in [9.17, 15) is 4.39 Å². The molecule has 0 aliphatic heterocycles. The highest BCUT2D eigenvalue weighted by Crippen LogP contribution is 2.39. The molecule has 2 heteroatoms. The molecule has 0 fully saturated rings. The molecule has 0 atom stereocenters. The maximum absolute atomic E-state index is 14.4. The van der Waals surface area contributed by atoms with E-state index >= 15 is 0 Å². The Labute approximate surface area is 120 Å². The Hall–Kier alpha value is -2.12. The fourth-order valence-corrected chi connectivity index (χ4v) is 3.23. The van der Waals surface area contributed by atoms with E-state index in [1.807, 2.05) is 42.5 Å². The first-order valence-electron chi connectivity index (χ1n) is 6.44. The van der Waals surface area contributed by atoms with Gasteiger partial charge in [0, 0.05) is 15.8 Å².